The molecule has 0 aromatic rings. The van der Waals surface area contributed by atoms with Crippen LogP contribution < -0.4 is 10.6 Å². The largest absolute Gasteiger partial charge is 0.383 e. The van der Waals surface area contributed by atoms with Crippen LogP contribution in [-0.2, 0) is 14.6 Å². The van der Waals surface area contributed by atoms with Crippen LogP contribution in [0.3, 0.4) is 0 Å². The first-order chi connectivity index (χ1) is 7.48. The quantitative estimate of drug-likeness (QED) is 0.520. The minimum atomic E-state index is -2.90. The van der Waals surface area contributed by atoms with Crippen molar-refractivity contribution in [2.75, 3.05) is 46.2 Å². The molecule has 0 amide bonds. The van der Waals surface area contributed by atoms with Gasteiger partial charge in [0.05, 0.1) is 11.9 Å². The van der Waals surface area contributed by atoms with E-state index in [1.54, 1.807) is 14.0 Å². The van der Waals surface area contributed by atoms with Gasteiger partial charge in [0.2, 0.25) is 0 Å². The van der Waals surface area contributed by atoms with Crippen LogP contribution >= 0.6 is 0 Å². The second-order valence-electron chi connectivity index (χ2n) is 3.94. The summed E-state index contributed by atoms with van der Waals surface area (Å²) in [6.45, 7) is 5.58. The first kappa shape index (κ1) is 15.8. The highest BCUT2D eigenvalue weighted by atomic mass is 32.2. The highest BCUT2D eigenvalue weighted by molar-refractivity contribution is 7.91. The van der Waals surface area contributed by atoms with Crippen molar-refractivity contribution in [1.82, 2.24) is 10.6 Å². The zero-order valence-corrected chi connectivity index (χ0v) is 11.3. The van der Waals surface area contributed by atoms with Gasteiger partial charge in [-0.25, -0.2) is 8.42 Å². The predicted octanol–water partition coefficient (Wildman–Crippen LogP) is -0.365. The maximum absolute atomic E-state index is 11.1. The Morgan fingerprint density at radius 1 is 1.19 bits per heavy atom. The number of rotatable bonds is 10. The maximum atomic E-state index is 11.1. The third kappa shape index (κ3) is 9.08. The van der Waals surface area contributed by atoms with E-state index in [1.165, 1.54) is 6.26 Å². The van der Waals surface area contributed by atoms with E-state index in [4.69, 9.17) is 4.74 Å². The van der Waals surface area contributed by atoms with Crippen LogP contribution in [0.25, 0.3) is 0 Å². The number of nitrogens with one attached hydrogen (secondary N) is 2. The van der Waals surface area contributed by atoms with Crippen LogP contribution in [0.1, 0.15) is 13.3 Å². The molecule has 2 N–H and O–H groups in total. The molecule has 1 unspecified atom stereocenters. The number of hydrogen-bond acceptors (Lipinski definition) is 5. The lowest BCUT2D eigenvalue weighted by Crippen LogP contribution is -2.32. The summed E-state index contributed by atoms with van der Waals surface area (Å²) in [7, 11) is -1.23. The molecule has 1 atom stereocenters. The minimum absolute atomic E-state index is 0.311. The van der Waals surface area contributed by atoms with E-state index in [-0.39, 0.29) is 5.25 Å². The van der Waals surface area contributed by atoms with Gasteiger partial charge in [-0.15, -0.1) is 0 Å². The number of methoxy groups -OCH3 is 1. The van der Waals surface area contributed by atoms with E-state index in [2.05, 4.69) is 10.6 Å². The Labute approximate surface area is 98.9 Å². The van der Waals surface area contributed by atoms with E-state index in [9.17, 15) is 8.42 Å². The van der Waals surface area contributed by atoms with Crippen molar-refractivity contribution < 1.29 is 13.2 Å². The van der Waals surface area contributed by atoms with Gasteiger partial charge in [0.1, 0.15) is 0 Å². The fraction of sp³-hybridized carbons (Fsp3) is 1.00. The third-order valence-corrected chi connectivity index (χ3v) is 3.98. The van der Waals surface area contributed by atoms with E-state index in [1.807, 2.05) is 0 Å². The molecule has 0 bridgehead atoms. The molecule has 98 valence electrons. The van der Waals surface area contributed by atoms with Gasteiger partial charge < -0.3 is 15.4 Å². The molecule has 0 aliphatic rings. The second kappa shape index (κ2) is 8.92. The Morgan fingerprint density at radius 2 is 1.81 bits per heavy atom. The molecule has 16 heavy (non-hydrogen) atoms. The summed E-state index contributed by atoms with van der Waals surface area (Å²) in [4.78, 5) is 0. The lowest BCUT2D eigenvalue weighted by atomic mass is 10.4. The van der Waals surface area contributed by atoms with Crippen LogP contribution in [-0.4, -0.2) is 59.8 Å². The molecule has 0 aliphatic heterocycles. The van der Waals surface area contributed by atoms with Crippen molar-refractivity contribution >= 4 is 9.84 Å². The van der Waals surface area contributed by atoms with Gasteiger partial charge in [-0.3, -0.25) is 0 Å². The maximum Gasteiger partial charge on any atom is 0.151 e. The fourth-order valence-corrected chi connectivity index (χ4v) is 1.51. The summed E-state index contributed by atoms with van der Waals surface area (Å²) in [6.07, 6.45) is 2.26. The summed E-state index contributed by atoms with van der Waals surface area (Å²) in [5.74, 6) is 0. The van der Waals surface area contributed by atoms with Crippen molar-refractivity contribution in [3.8, 4) is 0 Å². The van der Waals surface area contributed by atoms with E-state index < -0.39 is 9.84 Å². The zero-order valence-electron chi connectivity index (χ0n) is 10.5. The minimum Gasteiger partial charge on any atom is -0.383 e. The fourth-order valence-electron chi connectivity index (χ4n) is 1.09. The molecule has 0 heterocycles. The van der Waals surface area contributed by atoms with E-state index in [0.717, 1.165) is 32.7 Å². The van der Waals surface area contributed by atoms with Gasteiger partial charge in [-0.05, 0) is 26.4 Å². The molecule has 0 saturated carbocycles. The van der Waals surface area contributed by atoms with E-state index in [0.29, 0.717) is 6.54 Å². The summed E-state index contributed by atoms with van der Waals surface area (Å²) in [6, 6.07) is 0. The summed E-state index contributed by atoms with van der Waals surface area (Å²) in [5, 5.41) is 6.04. The molecule has 5 nitrogen and oxygen atoms in total. The predicted molar refractivity (Wildman–Crippen MR) is 66.5 cm³/mol. The highest BCUT2D eigenvalue weighted by Gasteiger charge is 2.13. The van der Waals surface area contributed by atoms with Crippen LogP contribution in [0.5, 0.6) is 0 Å². The Bertz CT molecular complexity index is 255. The summed E-state index contributed by atoms with van der Waals surface area (Å²) < 4.78 is 27.1. The first-order valence-corrected chi connectivity index (χ1v) is 7.53. The van der Waals surface area contributed by atoms with Gasteiger partial charge >= 0.3 is 0 Å². The molecule has 6 heteroatoms. The number of sulfone groups is 1. The molecular weight excluding hydrogens is 228 g/mol. The standard InChI is InChI=1S/C10H24N2O3S/c1-10(16(3,13)14)9-12-6-4-5-11-7-8-15-2/h10-12H,4-9H2,1-3H3. The molecule has 0 fully saturated rings. The van der Waals surface area contributed by atoms with Gasteiger partial charge in [0.25, 0.3) is 0 Å². The Morgan fingerprint density at radius 3 is 2.38 bits per heavy atom. The smallest absolute Gasteiger partial charge is 0.151 e. The third-order valence-electron chi connectivity index (χ3n) is 2.35. The van der Waals surface area contributed by atoms with Gasteiger partial charge in [-0.1, -0.05) is 0 Å². The van der Waals surface area contributed by atoms with Crippen LogP contribution in [0.15, 0.2) is 0 Å². The van der Waals surface area contributed by atoms with Gasteiger partial charge in [-0.2, -0.15) is 0 Å². The van der Waals surface area contributed by atoms with Crippen LogP contribution in [0.2, 0.25) is 0 Å². The SMILES string of the molecule is COCCNCCCNCC(C)S(C)(=O)=O. The van der Waals surface area contributed by atoms with Gasteiger partial charge in [0, 0.05) is 26.5 Å². The Hall–Kier alpha value is -0.170. The lowest BCUT2D eigenvalue weighted by molar-refractivity contribution is 0.199. The summed E-state index contributed by atoms with van der Waals surface area (Å²) in [5.41, 5.74) is 0. The zero-order chi connectivity index (χ0) is 12.4. The molecule has 0 aromatic carbocycles. The molecule has 0 spiro atoms. The van der Waals surface area contributed by atoms with Crippen LogP contribution in [0, 0.1) is 0 Å². The molecule has 0 aromatic heterocycles. The summed E-state index contributed by atoms with van der Waals surface area (Å²) >= 11 is 0. The second-order valence-corrected chi connectivity index (χ2v) is 6.40. The number of ether oxygens (including phenoxy) is 1. The molecule has 0 radical (unpaired) electrons. The molecule has 0 rings (SSSR count). The van der Waals surface area contributed by atoms with Crippen molar-refractivity contribution in [3.05, 3.63) is 0 Å². The van der Waals surface area contributed by atoms with Crippen molar-refractivity contribution in [2.45, 2.75) is 18.6 Å². The average molecular weight is 252 g/mol. The molecule has 0 saturated heterocycles. The molecule has 0 aliphatic carbocycles. The average Bonchev–Trinajstić information content (AvgIpc) is 2.20. The molecular formula is C10H24N2O3S. The monoisotopic (exact) mass is 252 g/mol. The lowest BCUT2D eigenvalue weighted by Gasteiger charge is -2.10. The first-order valence-electron chi connectivity index (χ1n) is 5.57. The highest BCUT2D eigenvalue weighted by Crippen LogP contribution is 1.94. The Kier molecular flexibility index (Phi) is 8.83. The topological polar surface area (TPSA) is 67.4 Å². The number of hydrogen-bond donors (Lipinski definition) is 2. The van der Waals surface area contributed by atoms with E-state index >= 15 is 0 Å². The van der Waals surface area contributed by atoms with Crippen LogP contribution in [0.4, 0.5) is 0 Å². The van der Waals surface area contributed by atoms with Crippen molar-refractivity contribution in [2.24, 2.45) is 0 Å². The van der Waals surface area contributed by atoms with Gasteiger partial charge in [0.15, 0.2) is 9.84 Å². The van der Waals surface area contributed by atoms with Crippen molar-refractivity contribution in [1.29, 1.82) is 0 Å². The Balaban J connectivity index is 3.28. The normalized spacial score (nSPS) is 13.9. The van der Waals surface area contributed by atoms with Crippen molar-refractivity contribution in [3.63, 3.8) is 0 Å².